The molecule has 0 saturated heterocycles. The molecule has 0 atom stereocenters. The van der Waals surface area contributed by atoms with E-state index in [0.717, 1.165) is 0 Å². The van der Waals surface area contributed by atoms with E-state index in [0.29, 0.717) is 22.4 Å². The summed E-state index contributed by atoms with van der Waals surface area (Å²) in [7, 11) is 0. The molecule has 0 radical (unpaired) electrons. The SMILES string of the molecule is Cc1nc2ccccc2c(=O)n1-c1ccc([N+](=O)[O-])cc1.Cl. The molecule has 2 aromatic carbocycles. The monoisotopic (exact) mass is 317 g/mol. The van der Waals surface area contributed by atoms with E-state index in [-0.39, 0.29) is 23.7 Å². The van der Waals surface area contributed by atoms with Crippen LogP contribution in [0.5, 0.6) is 0 Å². The van der Waals surface area contributed by atoms with Gasteiger partial charge >= 0.3 is 0 Å². The Balaban J connectivity index is 0.00000176. The Labute approximate surface area is 131 Å². The number of para-hydroxylation sites is 1. The smallest absolute Gasteiger partial charge is 0.268 e. The van der Waals surface area contributed by atoms with Crippen molar-refractivity contribution < 1.29 is 4.92 Å². The molecule has 3 aromatic rings. The molecule has 6 nitrogen and oxygen atoms in total. The quantitative estimate of drug-likeness (QED) is 0.537. The standard InChI is InChI=1S/C15H11N3O3.ClH/c1-10-16-14-5-3-2-4-13(14)15(19)17(10)11-6-8-12(9-7-11)18(20)21;/h2-9H,1H3;1H. The van der Waals surface area contributed by atoms with Gasteiger partial charge in [-0.25, -0.2) is 4.98 Å². The molecule has 1 heterocycles. The zero-order chi connectivity index (χ0) is 15.0. The van der Waals surface area contributed by atoms with Gasteiger partial charge in [-0.05, 0) is 31.2 Å². The Morgan fingerprint density at radius 1 is 1.09 bits per heavy atom. The normalized spacial score (nSPS) is 10.2. The van der Waals surface area contributed by atoms with Crippen molar-refractivity contribution in [1.82, 2.24) is 9.55 Å². The van der Waals surface area contributed by atoms with E-state index in [1.165, 1.54) is 16.7 Å². The van der Waals surface area contributed by atoms with Gasteiger partial charge in [0.1, 0.15) is 5.82 Å². The number of halogens is 1. The van der Waals surface area contributed by atoms with Crippen LogP contribution in [-0.4, -0.2) is 14.5 Å². The molecular weight excluding hydrogens is 306 g/mol. The minimum atomic E-state index is -0.474. The van der Waals surface area contributed by atoms with Crippen LogP contribution in [0.2, 0.25) is 0 Å². The summed E-state index contributed by atoms with van der Waals surface area (Å²) in [5, 5.41) is 11.2. The molecule has 112 valence electrons. The topological polar surface area (TPSA) is 78.0 Å². The number of nitro benzene ring substituents is 1. The third-order valence-electron chi connectivity index (χ3n) is 3.26. The van der Waals surface area contributed by atoms with Crippen molar-refractivity contribution in [2.75, 3.05) is 0 Å². The van der Waals surface area contributed by atoms with Gasteiger partial charge in [0.05, 0.1) is 21.5 Å². The van der Waals surface area contributed by atoms with Crippen molar-refractivity contribution in [1.29, 1.82) is 0 Å². The third-order valence-corrected chi connectivity index (χ3v) is 3.26. The molecule has 0 unspecified atom stereocenters. The number of hydrogen-bond acceptors (Lipinski definition) is 4. The molecule has 1 aromatic heterocycles. The van der Waals surface area contributed by atoms with Crippen molar-refractivity contribution in [3.8, 4) is 5.69 Å². The van der Waals surface area contributed by atoms with Crippen molar-refractivity contribution in [3.05, 3.63) is 74.8 Å². The Kier molecular flexibility index (Phi) is 4.23. The van der Waals surface area contributed by atoms with Crippen molar-refractivity contribution in [2.45, 2.75) is 6.92 Å². The first-order valence-corrected chi connectivity index (χ1v) is 6.31. The van der Waals surface area contributed by atoms with Crippen LogP contribution < -0.4 is 5.56 Å². The number of nitrogens with zero attached hydrogens (tertiary/aromatic N) is 3. The summed E-state index contributed by atoms with van der Waals surface area (Å²) in [6.45, 7) is 1.73. The first kappa shape index (κ1) is 15.7. The fraction of sp³-hybridized carbons (Fsp3) is 0.0667. The maximum Gasteiger partial charge on any atom is 0.269 e. The number of aromatic nitrogens is 2. The second-order valence-electron chi connectivity index (χ2n) is 4.59. The molecular formula is C15H12ClN3O3. The molecule has 0 aliphatic carbocycles. The van der Waals surface area contributed by atoms with Crippen LogP contribution in [0.3, 0.4) is 0 Å². The van der Waals surface area contributed by atoms with Gasteiger partial charge in [0.25, 0.3) is 11.2 Å². The summed E-state index contributed by atoms with van der Waals surface area (Å²) in [5.41, 5.74) is 0.990. The number of aryl methyl sites for hydroxylation is 1. The second-order valence-corrected chi connectivity index (χ2v) is 4.59. The first-order chi connectivity index (χ1) is 10.1. The van der Waals surface area contributed by atoms with E-state index in [4.69, 9.17) is 0 Å². The number of nitro groups is 1. The predicted molar refractivity (Wildman–Crippen MR) is 86.0 cm³/mol. The highest BCUT2D eigenvalue weighted by molar-refractivity contribution is 5.85. The van der Waals surface area contributed by atoms with Gasteiger partial charge < -0.3 is 0 Å². The van der Waals surface area contributed by atoms with Crippen LogP contribution in [0.25, 0.3) is 16.6 Å². The van der Waals surface area contributed by atoms with Crippen molar-refractivity contribution in [2.24, 2.45) is 0 Å². The highest BCUT2D eigenvalue weighted by atomic mass is 35.5. The fourth-order valence-electron chi connectivity index (χ4n) is 2.27. The van der Waals surface area contributed by atoms with Gasteiger partial charge in [-0.1, -0.05) is 12.1 Å². The Bertz CT molecular complexity index is 904. The number of benzene rings is 2. The molecule has 0 aliphatic heterocycles. The largest absolute Gasteiger partial charge is 0.269 e. The third kappa shape index (κ3) is 2.56. The van der Waals surface area contributed by atoms with E-state index in [9.17, 15) is 14.9 Å². The lowest BCUT2D eigenvalue weighted by atomic mass is 10.2. The average molecular weight is 318 g/mol. The van der Waals surface area contributed by atoms with Crippen LogP contribution >= 0.6 is 12.4 Å². The molecule has 3 rings (SSSR count). The maximum absolute atomic E-state index is 12.6. The average Bonchev–Trinajstić information content (AvgIpc) is 2.48. The molecule has 0 bridgehead atoms. The van der Waals surface area contributed by atoms with Gasteiger partial charge in [-0.3, -0.25) is 19.5 Å². The number of fused-ring (bicyclic) bond motifs is 1. The minimum Gasteiger partial charge on any atom is -0.268 e. The zero-order valence-corrected chi connectivity index (χ0v) is 12.4. The molecule has 0 amide bonds. The number of non-ortho nitro benzene ring substituents is 1. The maximum atomic E-state index is 12.6. The molecule has 7 heteroatoms. The van der Waals surface area contributed by atoms with Crippen LogP contribution in [0.15, 0.2) is 53.3 Å². The summed E-state index contributed by atoms with van der Waals surface area (Å²) >= 11 is 0. The summed E-state index contributed by atoms with van der Waals surface area (Å²) in [6.07, 6.45) is 0. The highest BCUT2D eigenvalue weighted by Crippen LogP contribution is 2.16. The fourth-order valence-corrected chi connectivity index (χ4v) is 2.27. The molecule has 0 fully saturated rings. The number of hydrogen-bond donors (Lipinski definition) is 0. The van der Waals surface area contributed by atoms with Crippen LogP contribution in [0.4, 0.5) is 5.69 Å². The van der Waals surface area contributed by atoms with Crippen LogP contribution in [0.1, 0.15) is 5.82 Å². The van der Waals surface area contributed by atoms with Gasteiger partial charge in [-0.2, -0.15) is 0 Å². The van der Waals surface area contributed by atoms with Gasteiger partial charge in [0, 0.05) is 12.1 Å². The van der Waals surface area contributed by atoms with Crippen molar-refractivity contribution >= 4 is 29.0 Å². The van der Waals surface area contributed by atoms with Gasteiger partial charge in [0.2, 0.25) is 0 Å². The zero-order valence-electron chi connectivity index (χ0n) is 11.6. The molecule has 0 N–H and O–H groups in total. The lowest BCUT2D eigenvalue weighted by Gasteiger charge is -2.10. The molecule has 0 aliphatic rings. The summed E-state index contributed by atoms with van der Waals surface area (Å²) < 4.78 is 1.45. The van der Waals surface area contributed by atoms with Gasteiger partial charge in [-0.15, -0.1) is 12.4 Å². The Morgan fingerprint density at radius 2 is 1.73 bits per heavy atom. The Hall–Kier alpha value is -2.73. The van der Waals surface area contributed by atoms with Gasteiger partial charge in [0.15, 0.2) is 0 Å². The summed E-state index contributed by atoms with van der Waals surface area (Å²) in [4.78, 5) is 27.2. The molecule has 0 saturated carbocycles. The van der Waals surface area contributed by atoms with E-state index < -0.39 is 4.92 Å². The predicted octanol–water partition coefficient (Wildman–Crippen LogP) is 3.02. The van der Waals surface area contributed by atoms with Crippen molar-refractivity contribution in [3.63, 3.8) is 0 Å². The molecule has 22 heavy (non-hydrogen) atoms. The second kappa shape index (κ2) is 5.95. The highest BCUT2D eigenvalue weighted by Gasteiger charge is 2.11. The van der Waals surface area contributed by atoms with E-state index in [2.05, 4.69) is 4.98 Å². The lowest BCUT2D eigenvalue weighted by molar-refractivity contribution is -0.384. The Morgan fingerprint density at radius 3 is 2.36 bits per heavy atom. The summed E-state index contributed by atoms with van der Waals surface area (Å²) in [5.74, 6) is 0.535. The summed E-state index contributed by atoms with van der Waals surface area (Å²) in [6, 6.07) is 12.9. The lowest BCUT2D eigenvalue weighted by Crippen LogP contribution is -2.22. The van der Waals surface area contributed by atoms with E-state index in [1.54, 1.807) is 37.3 Å². The number of rotatable bonds is 2. The van der Waals surface area contributed by atoms with Crippen LogP contribution in [0, 0.1) is 17.0 Å². The van der Waals surface area contributed by atoms with E-state index in [1.807, 2.05) is 6.07 Å². The van der Waals surface area contributed by atoms with Crippen LogP contribution in [-0.2, 0) is 0 Å². The first-order valence-electron chi connectivity index (χ1n) is 6.31. The molecule has 0 spiro atoms. The van der Waals surface area contributed by atoms with E-state index >= 15 is 0 Å². The minimum absolute atomic E-state index is 0.